The highest BCUT2D eigenvalue weighted by atomic mass is 15.2. The number of aromatic nitrogens is 2. The lowest BCUT2D eigenvalue weighted by Crippen LogP contribution is -2.28. The minimum atomic E-state index is 1.01. The monoisotopic (exact) mass is 256 g/mol. The van der Waals surface area contributed by atoms with E-state index in [1.807, 2.05) is 0 Å². The van der Waals surface area contributed by atoms with Crippen molar-refractivity contribution in [3.05, 3.63) is 29.6 Å². The summed E-state index contributed by atoms with van der Waals surface area (Å²) in [5.41, 5.74) is 3.64. The molecule has 1 aromatic heterocycles. The predicted molar refractivity (Wildman–Crippen MR) is 78.7 cm³/mol. The summed E-state index contributed by atoms with van der Waals surface area (Å²) in [6, 6.07) is 4.38. The van der Waals surface area contributed by atoms with E-state index in [9.17, 15) is 0 Å². The van der Waals surface area contributed by atoms with Crippen LogP contribution in [0.15, 0.2) is 18.5 Å². The van der Waals surface area contributed by atoms with Crippen LogP contribution in [-0.4, -0.2) is 36.1 Å². The van der Waals surface area contributed by atoms with Crippen molar-refractivity contribution in [1.82, 2.24) is 15.3 Å². The molecule has 0 atom stereocenters. The molecule has 1 aliphatic heterocycles. The summed E-state index contributed by atoms with van der Waals surface area (Å²) < 4.78 is 0. The Hall–Kier alpha value is -1.68. The number of fused-ring (bicyclic) bond motifs is 1. The van der Waals surface area contributed by atoms with E-state index in [-0.39, 0.29) is 0 Å². The molecule has 2 aromatic rings. The first-order chi connectivity index (χ1) is 9.25. The second-order valence-electron chi connectivity index (χ2n) is 5.24. The molecule has 0 aliphatic carbocycles. The molecule has 19 heavy (non-hydrogen) atoms. The van der Waals surface area contributed by atoms with Gasteiger partial charge in [0.1, 0.15) is 12.1 Å². The maximum atomic E-state index is 4.53. The number of aryl methyl sites for hydroxylation is 2. The predicted octanol–water partition coefficient (Wildman–Crippen LogP) is 2.05. The molecule has 0 radical (unpaired) electrons. The van der Waals surface area contributed by atoms with Gasteiger partial charge in [0.2, 0.25) is 0 Å². The van der Waals surface area contributed by atoms with E-state index in [0.29, 0.717) is 0 Å². The van der Waals surface area contributed by atoms with Crippen LogP contribution in [0.1, 0.15) is 17.5 Å². The Morgan fingerprint density at radius 2 is 1.89 bits per heavy atom. The minimum Gasteiger partial charge on any atom is -0.355 e. The summed E-state index contributed by atoms with van der Waals surface area (Å²) in [4.78, 5) is 11.3. The maximum Gasteiger partial charge on any atom is 0.139 e. The van der Waals surface area contributed by atoms with Gasteiger partial charge in [-0.25, -0.2) is 9.97 Å². The van der Waals surface area contributed by atoms with E-state index < -0.39 is 0 Å². The van der Waals surface area contributed by atoms with Crippen molar-refractivity contribution in [3.8, 4) is 0 Å². The largest absolute Gasteiger partial charge is 0.355 e. The van der Waals surface area contributed by atoms with Gasteiger partial charge >= 0.3 is 0 Å². The zero-order valence-electron chi connectivity index (χ0n) is 11.6. The van der Waals surface area contributed by atoms with Gasteiger partial charge in [-0.1, -0.05) is 0 Å². The highest BCUT2D eigenvalue weighted by Crippen LogP contribution is 2.26. The van der Waals surface area contributed by atoms with Crippen LogP contribution in [0, 0.1) is 13.8 Å². The fourth-order valence-electron chi connectivity index (χ4n) is 2.61. The second-order valence-corrected chi connectivity index (χ2v) is 5.24. The number of hydrogen-bond donors (Lipinski definition) is 1. The quantitative estimate of drug-likeness (QED) is 0.848. The number of hydrogen-bond acceptors (Lipinski definition) is 4. The van der Waals surface area contributed by atoms with Gasteiger partial charge in [0.25, 0.3) is 0 Å². The highest BCUT2D eigenvalue weighted by molar-refractivity contribution is 5.90. The Balaban J connectivity index is 2.09. The number of benzene rings is 1. The van der Waals surface area contributed by atoms with Crippen molar-refractivity contribution in [2.75, 3.05) is 31.1 Å². The molecule has 1 saturated heterocycles. The van der Waals surface area contributed by atoms with Gasteiger partial charge < -0.3 is 10.2 Å². The van der Waals surface area contributed by atoms with Gasteiger partial charge in [-0.3, -0.25) is 0 Å². The molecule has 0 saturated carbocycles. The molecular formula is C15H20N4. The van der Waals surface area contributed by atoms with Crippen molar-refractivity contribution >= 4 is 16.7 Å². The van der Waals surface area contributed by atoms with Gasteiger partial charge in [-0.05, 0) is 50.1 Å². The van der Waals surface area contributed by atoms with Gasteiger partial charge in [0.05, 0.1) is 5.52 Å². The summed E-state index contributed by atoms with van der Waals surface area (Å²) in [5.74, 6) is 1.08. The van der Waals surface area contributed by atoms with Crippen molar-refractivity contribution < 1.29 is 0 Å². The summed E-state index contributed by atoms with van der Waals surface area (Å²) in [7, 11) is 0. The van der Waals surface area contributed by atoms with Gasteiger partial charge in [-0.15, -0.1) is 0 Å². The first-order valence-electron chi connectivity index (χ1n) is 6.93. The fourth-order valence-corrected chi connectivity index (χ4v) is 2.61. The standard InChI is InChI=1S/C15H20N4/c1-11-8-13-14(9-12(11)2)17-10-18-15(13)19-6-3-4-16-5-7-19/h8-10,16H,3-7H2,1-2H3. The Labute approximate surface area is 113 Å². The molecule has 100 valence electrons. The van der Waals surface area contributed by atoms with E-state index >= 15 is 0 Å². The Morgan fingerprint density at radius 3 is 2.79 bits per heavy atom. The average Bonchev–Trinajstić information content (AvgIpc) is 2.68. The van der Waals surface area contributed by atoms with E-state index in [1.165, 1.54) is 16.5 Å². The van der Waals surface area contributed by atoms with Crippen molar-refractivity contribution in [2.45, 2.75) is 20.3 Å². The molecule has 0 bridgehead atoms. The van der Waals surface area contributed by atoms with Crippen LogP contribution < -0.4 is 10.2 Å². The van der Waals surface area contributed by atoms with E-state index in [4.69, 9.17) is 0 Å². The SMILES string of the molecule is Cc1cc2ncnc(N3CCCNCC3)c2cc1C. The second kappa shape index (κ2) is 5.13. The molecule has 2 heterocycles. The third-order valence-electron chi connectivity index (χ3n) is 3.87. The van der Waals surface area contributed by atoms with E-state index in [2.05, 4.69) is 46.2 Å². The molecule has 4 nitrogen and oxygen atoms in total. The molecule has 0 amide bonds. The maximum absolute atomic E-state index is 4.53. The molecule has 1 N–H and O–H groups in total. The summed E-state index contributed by atoms with van der Waals surface area (Å²) in [5, 5.41) is 4.60. The first kappa shape index (κ1) is 12.4. The Morgan fingerprint density at radius 1 is 1.05 bits per heavy atom. The van der Waals surface area contributed by atoms with Crippen LogP contribution >= 0.6 is 0 Å². The topological polar surface area (TPSA) is 41.1 Å². The average molecular weight is 256 g/mol. The molecule has 1 aliphatic rings. The molecule has 1 aromatic carbocycles. The number of nitrogens with zero attached hydrogens (tertiary/aromatic N) is 3. The summed E-state index contributed by atoms with van der Waals surface area (Å²) in [6.45, 7) is 8.47. The molecule has 3 rings (SSSR count). The lowest BCUT2D eigenvalue weighted by Gasteiger charge is -2.22. The van der Waals surface area contributed by atoms with Crippen LogP contribution in [0.4, 0.5) is 5.82 Å². The van der Waals surface area contributed by atoms with Crippen molar-refractivity contribution in [1.29, 1.82) is 0 Å². The third-order valence-corrected chi connectivity index (χ3v) is 3.87. The first-order valence-corrected chi connectivity index (χ1v) is 6.93. The fraction of sp³-hybridized carbons (Fsp3) is 0.467. The highest BCUT2D eigenvalue weighted by Gasteiger charge is 2.14. The number of rotatable bonds is 1. The van der Waals surface area contributed by atoms with Crippen molar-refractivity contribution in [3.63, 3.8) is 0 Å². The lowest BCUT2D eigenvalue weighted by atomic mass is 10.1. The van der Waals surface area contributed by atoms with Gasteiger partial charge in [-0.2, -0.15) is 0 Å². The number of nitrogens with one attached hydrogen (secondary N) is 1. The van der Waals surface area contributed by atoms with Crippen LogP contribution in [0.2, 0.25) is 0 Å². The lowest BCUT2D eigenvalue weighted by molar-refractivity contribution is 0.724. The van der Waals surface area contributed by atoms with Crippen LogP contribution in [-0.2, 0) is 0 Å². The normalized spacial score (nSPS) is 16.6. The van der Waals surface area contributed by atoms with E-state index in [1.54, 1.807) is 6.33 Å². The Bertz CT molecular complexity index is 586. The van der Waals surface area contributed by atoms with Crippen LogP contribution in [0.5, 0.6) is 0 Å². The molecule has 4 heteroatoms. The minimum absolute atomic E-state index is 1.01. The summed E-state index contributed by atoms with van der Waals surface area (Å²) >= 11 is 0. The number of anilines is 1. The van der Waals surface area contributed by atoms with Gasteiger partial charge in [0, 0.05) is 25.0 Å². The van der Waals surface area contributed by atoms with Gasteiger partial charge in [0.15, 0.2) is 0 Å². The zero-order chi connectivity index (χ0) is 13.2. The van der Waals surface area contributed by atoms with E-state index in [0.717, 1.165) is 43.9 Å². The Kier molecular flexibility index (Phi) is 3.34. The molecule has 0 unspecified atom stereocenters. The third kappa shape index (κ3) is 2.40. The zero-order valence-corrected chi connectivity index (χ0v) is 11.6. The smallest absolute Gasteiger partial charge is 0.139 e. The molecular weight excluding hydrogens is 236 g/mol. The van der Waals surface area contributed by atoms with Crippen LogP contribution in [0.3, 0.4) is 0 Å². The molecule has 0 spiro atoms. The summed E-state index contributed by atoms with van der Waals surface area (Å²) in [6.07, 6.45) is 2.85. The van der Waals surface area contributed by atoms with Crippen LogP contribution in [0.25, 0.3) is 10.9 Å². The molecule has 1 fully saturated rings. The van der Waals surface area contributed by atoms with Crippen molar-refractivity contribution in [2.24, 2.45) is 0 Å².